The smallest absolute Gasteiger partial charge is 0.0571 e. The molecular formula is C76H48N6. The second kappa shape index (κ2) is 18.2. The Labute approximate surface area is 471 Å². The number of benzene rings is 11. The van der Waals surface area contributed by atoms with Gasteiger partial charge in [-0.1, -0.05) is 164 Å². The van der Waals surface area contributed by atoms with Gasteiger partial charge in [-0.2, -0.15) is 0 Å². The van der Waals surface area contributed by atoms with Crippen molar-refractivity contribution in [1.29, 1.82) is 0 Å². The molecule has 0 saturated heterocycles. The summed E-state index contributed by atoms with van der Waals surface area (Å²) in [5.41, 5.74) is 23.1. The lowest BCUT2D eigenvalue weighted by molar-refractivity contribution is 1.13. The van der Waals surface area contributed by atoms with Crippen molar-refractivity contribution in [1.82, 2.24) is 28.2 Å². The van der Waals surface area contributed by atoms with E-state index in [1.165, 1.54) is 77.1 Å². The Morgan fingerprint density at radius 2 is 0.524 bits per heavy atom. The normalized spacial score (nSPS) is 11.9. The molecule has 0 N–H and O–H groups in total. The lowest BCUT2D eigenvalue weighted by Crippen LogP contribution is -1.99. The third kappa shape index (κ3) is 7.01. The van der Waals surface area contributed by atoms with Crippen molar-refractivity contribution in [3.63, 3.8) is 0 Å². The molecule has 0 fully saturated rings. The maximum Gasteiger partial charge on any atom is 0.0571 e. The van der Waals surface area contributed by atoms with E-state index in [0.29, 0.717) is 0 Å². The third-order valence-corrected chi connectivity index (χ3v) is 17.0. The quantitative estimate of drug-likeness (QED) is 0.152. The van der Waals surface area contributed by atoms with Gasteiger partial charge in [-0.25, -0.2) is 0 Å². The maximum atomic E-state index is 4.71. The van der Waals surface area contributed by atoms with Crippen LogP contribution in [0.3, 0.4) is 0 Å². The molecule has 0 radical (unpaired) electrons. The van der Waals surface area contributed by atoms with Crippen LogP contribution in [0.1, 0.15) is 0 Å². The van der Waals surface area contributed by atoms with Crippen LogP contribution in [-0.2, 0) is 0 Å². The van der Waals surface area contributed by atoms with Gasteiger partial charge in [0.1, 0.15) is 0 Å². The summed E-state index contributed by atoms with van der Waals surface area (Å²) < 4.78 is 9.63. The van der Waals surface area contributed by atoms with Crippen molar-refractivity contribution in [2.24, 2.45) is 0 Å². The topological polar surface area (TPSA) is 45.5 Å². The fraction of sp³-hybridized carbons (Fsp3) is 0. The first-order chi connectivity index (χ1) is 40.7. The zero-order chi connectivity index (χ0) is 53.8. The Kier molecular flexibility index (Phi) is 10.2. The fourth-order valence-electron chi connectivity index (χ4n) is 13.4. The van der Waals surface area contributed by atoms with Crippen LogP contribution >= 0.6 is 0 Å². The van der Waals surface area contributed by atoms with Gasteiger partial charge in [0.2, 0.25) is 0 Å². The number of aromatic nitrogens is 6. The molecule has 0 atom stereocenters. The van der Waals surface area contributed by atoms with E-state index >= 15 is 0 Å². The molecule has 0 bridgehead atoms. The fourth-order valence-corrected chi connectivity index (χ4v) is 13.4. The van der Waals surface area contributed by atoms with Crippen LogP contribution in [0.2, 0.25) is 0 Å². The molecule has 17 aromatic rings. The molecule has 0 aliphatic carbocycles. The highest BCUT2D eigenvalue weighted by molar-refractivity contribution is 6.15. The molecule has 0 spiro atoms. The van der Waals surface area contributed by atoms with Crippen molar-refractivity contribution in [2.75, 3.05) is 0 Å². The van der Waals surface area contributed by atoms with E-state index in [4.69, 9.17) is 9.97 Å². The Morgan fingerprint density at radius 3 is 0.963 bits per heavy atom. The zero-order valence-electron chi connectivity index (χ0n) is 44.4. The van der Waals surface area contributed by atoms with E-state index < -0.39 is 0 Å². The predicted molar refractivity (Wildman–Crippen MR) is 341 cm³/mol. The maximum absolute atomic E-state index is 4.71. The van der Waals surface area contributed by atoms with Crippen LogP contribution in [0.4, 0.5) is 0 Å². The highest BCUT2D eigenvalue weighted by atomic mass is 15.0. The highest BCUT2D eigenvalue weighted by Gasteiger charge is 2.22. The van der Waals surface area contributed by atoms with Crippen LogP contribution < -0.4 is 0 Å². The lowest BCUT2D eigenvalue weighted by Gasteiger charge is -2.14. The molecular weight excluding hydrogens is 997 g/mol. The predicted octanol–water partition coefficient (Wildman–Crippen LogP) is 19.5. The van der Waals surface area contributed by atoms with Gasteiger partial charge < -0.3 is 18.3 Å². The summed E-state index contributed by atoms with van der Waals surface area (Å²) in [5.74, 6) is 0. The third-order valence-electron chi connectivity index (χ3n) is 17.0. The van der Waals surface area contributed by atoms with Gasteiger partial charge in [-0.3, -0.25) is 9.97 Å². The average molecular weight is 1050 g/mol. The van der Waals surface area contributed by atoms with Gasteiger partial charge in [0.05, 0.1) is 44.1 Å². The number of pyridine rings is 2. The molecule has 0 unspecified atom stereocenters. The van der Waals surface area contributed by atoms with E-state index in [-0.39, 0.29) is 0 Å². The number of rotatable bonds is 8. The van der Waals surface area contributed by atoms with Gasteiger partial charge in [0.15, 0.2) is 0 Å². The average Bonchev–Trinajstić information content (AvgIpc) is 3.73. The Bertz CT molecular complexity index is 5070. The first-order valence-corrected chi connectivity index (χ1v) is 27.9. The molecule has 11 aromatic carbocycles. The number of nitrogens with zero attached hydrogens (tertiary/aromatic N) is 6. The summed E-state index contributed by atoms with van der Waals surface area (Å²) >= 11 is 0. The van der Waals surface area contributed by atoms with Gasteiger partial charge >= 0.3 is 0 Å². The standard InChI is InChI=1S/C76H48N6/c1-3-16-49(17-4-1)57-22-7-9-24-59(57)51-30-34-71-63(42-51)61-26-11-13-28-69(61)81(71)55-32-36-73-65(45-55)67-47-77-40-38-75(67)79(73)53-20-15-21-54(44-53)80-74-37-33-56(46-66(74)68-48-78-41-39-76(68)80)82-70-29-14-12-27-62(70)64-43-52(31-35-72(64)82)60-25-10-8-23-58(60)50-18-5-2-6-19-50/h1-48H. The van der Waals surface area contributed by atoms with Gasteiger partial charge in [-0.15, -0.1) is 0 Å². The molecule has 6 aromatic heterocycles. The minimum atomic E-state index is 1.06. The van der Waals surface area contributed by atoms with E-state index in [9.17, 15) is 0 Å². The van der Waals surface area contributed by atoms with E-state index in [2.05, 4.69) is 285 Å². The molecule has 0 aliphatic heterocycles. The molecule has 17 rings (SSSR count). The first kappa shape index (κ1) is 45.9. The second-order valence-electron chi connectivity index (χ2n) is 21.4. The summed E-state index contributed by atoms with van der Waals surface area (Å²) in [6.45, 7) is 0. The second-order valence-corrected chi connectivity index (χ2v) is 21.4. The number of para-hydroxylation sites is 2. The van der Waals surface area contributed by atoms with Crippen LogP contribution in [-0.4, -0.2) is 28.2 Å². The monoisotopic (exact) mass is 1040 g/mol. The van der Waals surface area contributed by atoms with Crippen LogP contribution in [0.25, 0.3) is 154 Å². The van der Waals surface area contributed by atoms with E-state index in [1.54, 1.807) is 0 Å². The first-order valence-electron chi connectivity index (χ1n) is 27.9. The molecule has 0 amide bonds. The number of hydrogen-bond acceptors (Lipinski definition) is 2. The van der Waals surface area contributed by atoms with Crippen molar-refractivity contribution < 1.29 is 0 Å². The summed E-state index contributed by atoms with van der Waals surface area (Å²) in [5, 5.41) is 9.35. The highest BCUT2D eigenvalue weighted by Crippen LogP contribution is 2.43. The number of fused-ring (bicyclic) bond motifs is 12. The van der Waals surface area contributed by atoms with Crippen LogP contribution in [0.5, 0.6) is 0 Å². The summed E-state index contributed by atoms with van der Waals surface area (Å²) in [6.07, 6.45) is 7.84. The van der Waals surface area contributed by atoms with Crippen LogP contribution in [0, 0.1) is 0 Å². The van der Waals surface area contributed by atoms with Crippen molar-refractivity contribution in [3.05, 3.63) is 292 Å². The lowest BCUT2D eigenvalue weighted by atomic mass is 9.94. The summed E-state index contributed by atoms with van der Waals surface area (Å²) in [7, 11) is 0. The van der Waals surface area contributed by atoms with E-state index in [1.807, 2.05) is 24.8 Å². The molecule has 0 saturated carbocycles. The van der Waals surface area contributed by atoms with Gasteiger partial charge in [0, 0.05) is 90.6 Å². The largest absolute Gasteiger partial charge is 0.309 e. The Hall–Kier alpha value is -11.1. The van der Waals surface area contributed by atoms with Gasteiger partial charge in [0.25, 0.3) is 0 Å². The van der Waals surface area contributed by atoms with Gasteiger partial charge in [-0.05, 0) is 148 Å². The molecule has 0 aliphatic rings. The summed E-state index contributed by atoms with van der Waals surface area (Å²) in [6, 6.07) is 97.3. The molecule has 6 heteroatoms. The van der Waals surface area contributed by atoms with Crippen LogP contribution in [0.15, 0.2) is 292 Å². The SMILES string of the molecule is c1ccc(-c2ccccc2-c2ccc3c(c2)c2ccccc2n3-c2ccc3c(c2)c2cnccc2n3-c2cccc(-n3c4ccncc4c4cc(-n5c6ccccc6c6cc(-c7ccccc7-c7ccccc7)ccc65)ccc43)c2)cc1. The minimum Gasteiger partial charge on any atom is -0.309 e. The Balaban J connectivity index is 0.778. The number of hydrogen-bond donors (Lipinski definition) is 0. The Morgan fingerprint density at radius 1 is 0.195 bits per heavy atom. The van der Waals surface area contributed by atoms with E-state index in [0.717, 1.165) is 77.4 Å². The molecule has 382 valence electrons. The zero-order valence-corrected chi connectivity index (χ0v) is 44.4. The molecule has 6 heterocycles. The van der Waals surface area contributed by atoms with Crippen molar-refractivity contribution >= 4 is 87.2 Å². The minimum absolute atomic E-state index is 1.06. The summed E-state index contributed by atoms with van der Waals surface area (Å²) in [4.78, 5) is 9.43. The molecule has 6 nitrogen and oxygen atoms in total. The van der Waals surface area contributed by atoms with Crippen molar-refractivity contribution in [3.8, 4) is 67.3 Å². The molecule has 82 heavy (non-hydrogen) atoms. The van der Waals surface area contributed by atoms with Crippen molar-refractivity contribution in [2.45, 2.75) is 0 Å².